The molecule has 0 bridgehead atoms. The standard InChI is InChI=1S/C18H38N/c1-5-7-9-10-11-12-13-14-15-16-18-19(3,4)17-8-6-2/h6H,2,5,7-18H2,1,3-4H3/q+1. The Kier molecular flexibility index (Phi) is 12.5. The molecule has 0 aromatic rings. The molecule has 114 valence electrons. The van der Waals surface area contributed by atoms with Crippen molar-refractivity contribution in [3.63, 3.8) is 0 Å². The third-order valence-corrected chi connectivity index (χ3v) is 4.06. The van der Waals surface area contributed by atoms with Crippen LogP contribution in [0.5, 0.6) is 0 Å². The van der Waals surface area contributed by atoms with Crippen LogP contribution in [-0.4, -0.2) is 31.7 Å². The maximum absolute atomic E-state index is 3.81. The first-order valence-corrected chi connectivity index (χ1v) is 8.55. The lowest BCUT2D eigenvalue weighted by molar-refractivity contribution is -0.890. The van der Waals surface area contributed by atoms with Crippen molar-refractivity contribution in [2.45, 2.75) is 77.6 Å². The molecule has 0 spiro atoms. The van der Waals surface area contributed by atoms with Gasteiger partial charge in [-0.25, -0.2) is 0 Å². The molecule has 0 saturated carbocycles. The van der Waals surface area contributed by atoms with E-state index < -0.39 is 0 Å². The highest BCUT2D eigenvalue weighted by Crippen LogP contribution is 2.11. The second kappa shape index (κ2) is 12.7. The summed E-state index contributed by atoms with van der Waals surface area (Å²) in [5.41, 5.74) is 0. The van der Waals surface area contributed by atoms with Crippen LogP contribution in [0.4, 0.5) is 0 Å². The van der Waals surface area contributed by atoms with Crippen LogP contribution in [0.1, 0.15) is 77.6 Å². The Hall–Kier alpha value is -0.300. The molecule has 1 heteroatoms. The van der Waals surface area contributed by atoms with E-state index in [0.717, 1.165) is 10.9 Å². The highest BCUT2D eigenvalue weighted by Gasteiger charge is 2.12. The van der Waals surface area contributed by atoms with Crippen molar-refractivity contribution in [1.82, 2.24) is 0 Å². The van der Waals surface area contributed by atoms with Crippen molar-refractivity contribution < 1.29 is 4.48 Å². The van der Waals surface area contributed by atoms with Crippen molar-refractivity contribution >= 4 is 0 Å². The second-order valence-corrected chi connectivity index (χ2v) is 6.64. The highest BCUT2D eigenvalue weighted by atomic mass is 15.3. The van der Waals surface area contributed by atoms with E-state index in [2.05, 4.69) is 27.6 Å². The lowest BCUT2D eigenvalue weighted by Gasteiger charge is -2.29. The fraction of sp³-hybridized carbons (Fsp3) is 0.889. The number of quaternary nitrogens is 1. The van der Waals surface area contributed by atoms with Crippen LogP contribution < -0.4 is 0 Å². The third kappa shape index (κ3) is 13.9. The van der Waals surface area contributed by atoms with Gasteiger partial charge in [-0.2, -0.15) is 0 Å². The molecule has 0 aliphatic heterocycles. The van der Waals surface area contributed by atoms with Gasteiger partial charge in [0.2, 0.25) is 0 Å². The van der Waals surface area contributed by atoms with Gasteiger partial charge in [0.05, 0.1) is 27.2 Å². The predicted octanol–water partition coefficient (Wildman–Crippen LogP) is 5.56. The number of unbranched alkanes of at least 4 members (excludes halogenated alkanes) is 9. The van der Waals surface area contributed by atoms with Crippen molar-refractivity contribution in [2.75, 3.05) is 27.2 Å². The topological polar surface area (TPSA) is 0 Å². The van der Waals surface area contributed by atoms with Gasteiger partial charge in [0.25, 0.3) is 0 Å². The molecular weight excluding hydrogens is 230 g/mol. The number of hydrogen-bond donors (Lipinski definition) is 0. The minimum Gasteiger partial charge on any atom is -0.328 e. The lowest BCUT2D eigenvalue weighted by atomic mass is 10.1. The van der Waals surface area contributed by atoms with Gasteiger partial charge in [0.1, 0.15) is 0 Å². The summed E-state index contributed by atoms with van der Waals surface area (Å²) in [4.78, 5) is 0. The Labute approximate surface area is 122 Å². The zero-order valence-electron chi connectivity index (χ0n) is 13.9. The number of hydrogen-bond acceptors (Lipinski definition) is 0. The number of rotatable bonds is 14. The molecular formula is C18H38N+. The molecule has 19 heavy (non-hydrogen) atoms. The SMILES string of the molecule is C=CCC[N+](C)(C)CCCCCCCCCCCC. The van der Waals surface area contributed by atoms with Crippen LogP contribution in [0, 0.1) is 0 Å². The first kappa shape index (κ1) is 18.7. The molecule has 0 aliphatic rings. The molecule has 1 nitrogen and oxygen atoms in total. The zero-order chi connectivity index (χ0) is 14.4. The Morgan fingerprint density at radius 1 is 0.737 bits per heavy atom. The fourth-order valence-electron chi connectivity index (χ4n) is 2.58. The second-order valence-electron chi connectivity index (χ2n) is 6.64. The van der Waals surface area contributed by atoms with Gasteiger partial charge >= 0.3 is 0 Å². The monoisotopic (exact) mass is 268 g/mol. The lowest BCUT2D eigenvalue weighted by Crippen LogP contribution is -2.40. The van der Waals surface area contributed by atoms with Crippen LogP contribution >= 0.6 is 0 Å². The van der Waals surface area contributed by atoms with E-state index in [1.54, 1.807) is 0 Å². The fourth-order valence-corrected chi connectivity index (χ4v) is 2.58. The van der Waals surface area contributed by atoms with E-state index >= 15 is 0 Å². The smallest absolute Gasteiger partial charge is 0.0817 e. The predicted molar refractivity (Wildman–Crippen MR) is 88.5 cm³/mol. The van der Waals surface area contributed by atoms with E-state index in [0.29, 0.717) is 0 Å². The molecule has 0 unspecified atom stereocenters. The van der Waals surface area contributed by atoms with Gasteiger partial charge in [-0.1, -0.05) is 64.4 Å². The Balaban J connectivity index is 3.23. The first-order valence-electron chi connectivity index (χ1n) is 8.55. The van der Waals surface area contributed by atoms with Crippen LogP contribution in [-0.2, 0) is 0 Å². The van der Waals surface area contributed by atoms with E-state index in [1.165, 1.54) is 77.3 Å². The molecule has 0 heterocycles. The summed E-state index contributed by atoms with van der Waals surface area (Å²) in [6.45, 7) is 8.66. The molecule has 0 aromatic heterocycles. The summed E-state index contributed by atoms with van der Waals surface area (Å²) in [6, 6.07) is 0. The van der Waals surface area contributed by atoms with E-state index in [1.807, 2.05) is 6.08 Å². The van der Waals surface area contributed by atoms with Crippen LogP contribution in [0.25, 0.3) is 0 Å². The maximum atomic E-state index is 3.81. The maximum Gasteiger partial charge on any atom is 0.0817 e. The van der Waals surface area contributed by atoms with Crippen molar-refractivity contribution in [2.24, 2.45) is 0 Å². The molecule has 0 aromatic carbocycles. The Bertz CT molecular complexity index is 196. The van der Waals surface area contributed by atoms with E-state index in [-0.39, 0.29) is 0 Å². The highest BCUT2D eigenvalue weighted by molar-refractivity contribution is 4.64. The number of nitrogens with zero attached hydrogens (tertiary/aromatic N) is 1. The Morgan fingerprint density at radius 3 is 1.68 bits per heavy atom. The van der Waals surface area contributed by atoms with E-state index in [9.17, 15) is 0 Å². The van der Waals surface area contributed by atoms with Crippen LogP contribution in [0.2, 0.25) is 0 Å². The van der Waals surface area contributed by atoms with Crippen molar-refractivity contribution in [1.29, 1.82) is 0 Å². The van der Waals surface area contributed by atoms with Gasteiger partial charge in [-0.3, -0.25) is 0 Å². The van der Waals surface area contributed by atoms with Gasteiger partial charge in [0.15, 0.2) is 0 Å². The zero-order valence-corrected chi connectivity index (χ0v) is 13.9. The normalized spacial score (nSPS) is 11.7. The van der Waals surface area contributed by atoms with Crippen molar-refractivity contribution in [3.8, 4) is 0 Å². The van der Waals surface area contributed by atoms with Gasteiger partial charge < -0.3 is 4.48 Å². The molecule has 0 amide bonds. The summed E-state index contributed by atoms with van der Waals surface area (Å²) < 4.78 is 1.16. The molecule has 0 atom stereocenters. The molecule has 0 fully saturated rings. The summed E-state index contributed by atoms with van der Waals surface area (Å²) in [5.74, 6) is 0. The van der Waals surface area contributed by atoms with Gasteiger partial charge in [0, 0.05) is 6.42 Å². The van der Waals surface area contributed by atoms with Gasteiger partial charge in [-0.05, 0) is 12.8 Å². The molecule has 0 rings (SSSR count). The summed E-state index contributed by atoms with van der Waals surface area (Å²) >= 11 is 0. The van der Waals surface area contributed by atoms with E-state index in [4.69, 9.17) is 0 Å². The molecule has 0 aliphatic carbocycles. The summed E-state index contributed by atoms with van der Waals surface area (Å²) in [7, 11) is 4.69. The minimum absolute atomic E-state index is 1.14. The molecule has 0 radical (unpaired) electrons. The van der Waals surface area contributed by atoms with Crippen molar-refractivity contribution in [3.05, 3.63) is 12.7 Å². The summed E-state index contributed by atoms with van der Waals surface area (Å²) in [6.07, 6.45) is 17.5. The van der Waals surface area contributed by atoms with Crippen LogP contribution in [0.3, 0.4) is 0 Å². The third-order valence-electron chi connectivity index (χ3n) is 4.06. The largest absolute Gasteiger partial charge is 0.328 e. The summed E-state index contributed by atoms with van der Waals surface area (Å²) in [5, 5.41) is 0. The average Bonchev–Trinajstić information content (AvgIpc) is 2.38. The quantitative estimate of drug-likeness (QED) is 0.220. The minimum atomic E-state index is 1.14. The molecule has 0 N–H and O–H groups in total. The molecule has 0 saturated heterocycles. The first-order chi connectivity index (χ1) is 9.12. The van der Waals surface area contributed by atoms with Gasteiger partial charge in [-0.15, -0.1) is 6.58 Å². The van der Waals surface area contributed by atoms with Crippen LogP contribution in [0.15, 0.2) is 12.7 Å². The Morgan fingerprint density at radius 2 is 1.21 bits per heavy atom. The average molecular weight is 269 g/mol.